The second kappa shape index (κ2) is 7.90. The molecule has 1 N–H and O–H groups in total. The molecule has 10 heteroatoms. The number of hydrogen-bond donors (Lipinski definition) is 1. The van der Waals surface area contributed by atoms with Gasteiger partial charge < -0.3 is 5.32 Å². The molecule has 0 radical (unpaired) electrons. The van der Waals surface area contributed by atoms with Gasteiger partial charge in [0.2, 0.25) is 0 Å². The Labute approximate surface area is 176 Å². The van der Waals surface area contributed by atoms with Gasteiger partial charge in [0, 0.05) is 5.69 Å². The predicted octanol–water partition coefficient (Wildman–Crippen LogP) is 2.73. The van der Waals surface area contributed by atoms with Crippen molar-refractivity contribution in [2.75, 3.05) is 5.32 Å². The van der Waals surface area contributed by atoms with Crippen LogP contribution in [-0.2, 0) is 4.79 Å². The van der Waals surface area contributed by atoms with Crippen LogP contribution in [0.2, 0.25) is 0 Å². The first-order chi connectivity index (χ1) is 14.9. The molecule has 4 aromatic rings. The van der Waals surface area contributed by atoms with Crippen molar-refractivity contribution < 1.29 is 14.0 Å². The third kappa shape index (κ3) is 3.70. The smallest absolute Gasteiger partial charge is 0.296 e. The number of carbonyl (C=O) groups excluding carboxylic acids is 2. The molecule has 0 aliphatic heterocycles. The Morgan fingerprint density at radius 3 is 2.42 bits per heavy atom. The van der Waals surface area contributed by atoms with Gasteiger partial charge in [-0.25, -0.2) is 9.07 Å². The van der Waals surface area contributed by atoms with Crippen LogP contribution in [0.4, 0.5) is 10.1 Å². The number of aromatic nitrogens is 6. The molecule has 0 spiro atoms. The van der Waals surface area contributed by atoms with Gasteiger partial charge in [-0.1, -0.05) is 18.2 Å². The number of carbonyl (C=O) groups is 2. The SMILES string of the molecule is Cc1nn(-c2ccccc2)c(C)c1C(=O)C(=O)Nc1ccc(F)c(-n2nnnc2C)c1. The number of anilines is 1. The van der Waals surface area contributed by atoms with Crippen molar-refractivity contribution >= 4 is 17.4 Å². The lowest BCUT2D eigenvalue weighted by Gasteiger charge is -2.09. The number of para-hydroxylation sites is 1. The fourth-order valence-corrected chi connectivity index (χ4v) is 3.30. The first-order valence-electron chi connectivity index (χ1n) is 9.39. The van der Waals surface area contributed by atoms with Crippen molar-refractivity contribution in [2.24, 2.45) is 0 Å². The molecule has 9 nitrogen and oxygen atoms in total. The highest BCUT2D eigenvalue weighted by Gasteiger charge is 2.25. The molecule has 0 fully saturated rings. The average Bonchev–Trinajstić information content (AvgIpc) is 3.31. The standard InChI is InChI=1S/C21H18FN7O2/c1-12-19(13(2)28(25-12)16-7-5-4-6-8-16)20(30)21(31)23-15-9-10-17(22)18(11-15)29-14(3)24-26-27-29/h4-11H,1-3H3,(H,23,31). The van der Waals surface area contributed by atoms with E-state index in [0.29, 0.717) is 17.2 Å². The summed E-state index contributed by atoms with van der Waals surface area (Å²) in [5.41, 5.74) is 2.27. The lowest BCUT2D eigenvalue weighted by Crippen LogP contribution is -2.24. The molecule has 0 aliphatic rings. The number of rotatable bonds is 5. The van der Waals surface area contributed by atoms with Gasteiger partial charge in [-0.3, -0.25) is 9.59 Å². The molecule has 0 atom stereocenters. The molecule has 0 saturated heterocycles. The first kappa shape index (κ1) is 20.1. The third-order valence-electron chi connectivity index (χ3n) is 4.78. The maximum absolute atomic E-state index is 14.2. The van der Waals surface area contributed by atoms with Crippen LogP contribution in [0.25, 0.3) is 11.4 Å². The summed E-state index contributed by atoms with van der Waals surface area (Å²) in [7, 11) is 0. The Balaban J connectivity index is 1.61. The molecule has 0 saturated carbocycles. The van der Waals surface area contributed by atoms with Crippen LogP contribution >= 0.6 is 0 Å². The van der Waals surface area contributed by atoms with Gasteiger partial charge in [-0.05, 0) is 61.5 Å². The summed E-state index contributed by atoms with van der Waals surface area (Å²) in [4.78, 5) is 25.6. The minimum Gasteiger partial charge on any atom is -0.319 e. The van der Waals surface area contributed by atoms with E-state index in [1.54, 1.807) is 25.5 Å². The summed E-state index contributed by atoms with van der Waals surface area (Å²) < 4.78 is 17.1. The van der Waals surface area contributed by atoms with Crippen molar-refractivity contribution in [1.82, 2.24) is 30.0 Å². The minimum absolute atomic E-state index is 0.0528. The maximum Gasteiger partial charge on any atom is 0.296 e. The normalized spacial score (nSPS) is 10.8. The summed E-state index contributed by atoms with van der Waals surface area (Å²) >= 11 is 0. The molecule has 2 heterocycles. The van der Waals surface area contributed by atoms with Crippen LogP contribution in [0, 0.1) is 26.6 Å². The number of nitrogens with zero attached hydrogens (tertiary/aromatic N) is 6. The Hall–Kier alpha value is -4.21. The average molecular weight is 419 g/mol. The Morgan fingerprint density at radius 2 is 1.74 bits per heavy atom. The molecule has 2 aromatic carbocycles. The minimum atomic E-state index is -0.857. The van der Waals surface area contributed by atoms with Crippen molar-refractivity contribution in [3.8, 4) is 11.4 Å². The molecular weight excluding hydrogens is 401 g/mol. The van der Waals surface area contributed by atoms with Gasteiger partial charge in [0.25, 0.3) is 11.7 Å². The summed E-state index contributed by atoms with van der Waals surface area (Å²) in [6.45, 7) is 5.01. The molecule has 0 aliphatic carbocycles. The molecule has 31 heavy (non-hydrogen) atoms. The zero-order valence-electron chi connectivity index (χ0n) is 17.0. The van der Waals surface area contributed by atoms with Gasteiger partial charge in [0.05, 0.1) is 22.6 Å². The Morgan fingerprint density at radius 1 is 1.00 bits per heavy atom. The van der Waals surface area contributed by atoms with Crippen molar-refractivity contribution in [2.45, 2.75) is 20.8 Å². The number of aryl methyl sites for hydroxylation is 2. The second-order valence-corrected chi connectivity index (χ2v) is 6.88. The second-order valence-electron chi connectivity index (χ2n) is 6.88. The quantitative estimate of drug-likeness (QED) is 0.394. The number of Topliss-reactive ketones (excluding diaryl/α,β-unsaturated/α-hetero) is 1. The third-order valence-corrected chi connectivity index (χ3v) is 4.78. The summed E-state index contributed by atoms with van der Waals surface area (Å²) in [5, 5.41) is 17.9. The van der Waals surface area contributed by atoms with Crippen LogP contribution < -0.4 is 5.32 Å². The highest BCUT2D eigenvalue weighted by atomic mass is 19.1. The molecule has 1 amide bonds. The Bertz CT molecular complexity index is 1290. The number of benzene rings is 2. The van der Waals surface area contributed by atoms with E-state index in [0.717, 1.165) is 5.69 Å². The number of ketones is 1. The fourth-order valence-electron chi connectivity index (χ4n) is 3.30. The fraction of sp³-hybridized carbons (Fsp3) is 0.143. The van der Waals surface area contributed by atoms with Crippen LogP contribution in [0.15, 0.2) is 48.5 Å². The molecule has 4 rings (SSSR count). The first-order valence-corrected chi connectivity index (χ1v) is 9.39. The van der Waals surface area contributed by atoms with Crippen molar-refractivity contribution in [3.05, 3.63) is 77.1 Å². The number of nitrogens with one attached hydrogen (secondary N) is 1. The number of amides is 1. The van der Waals surface area contributed by atoms with E-state index >= 15 is 0 Å². The number of halogens is 1. The lowest BCUT2D eigenvalue weighted by atomic mass is 10.1. The largest absolute Gasteiger partial charge is 0.319 e. The zero-order chi connectivity index (χ0) is 22.1. The summed E-state index contributed by atoms with van der Waals surface area (Å²) in [6.07, 6.45) is 0. The maximum atomic E-state index is 14.2. The highest BCUT2D eigenvalue weighted by Crippen LogP contribution is 2.21. The van der Waals surface area contributed by atoms with Crippen molar-refractivity contribution in [3.63, 3.8) is 0 Å². The van der Waals surface area contributed by atoms with E-state index in [2.05, 4.69) is 25.9 Å². The van der Waals surface area contributed by atoms with E-state index in [1.807, 2.05) is 30.3 Å². The van der Waals surface area contributed by atoms with E-state index in [-0.39, 0.29) is 16.9 Å². The molecule has 156 valence electrons. The van der Waals surface area contributed by atoms with Crippen molar-refractivity contribution in [1.29, 1.82) is 0 Å². The summed E-state index contributed by atoms with van der Waals surface area (Å²) in [6, 6.07) is 13.2. The van der Waals surface area contributed by atoms with Gasteiger partial charge in [-0.2, -0.15) is 9.78 Å². The highest BCUT2D eigenvalue weighted by molar-refractivity contribution is 6.47. The van der Waals surface area contributed by atoms with E-state index in [1.165, 1.54) is 22.9 Å². The molecule has 0 unspecified atom stereocenters. The van der Waals surface area contributed by atoms with Crippen LogP contribution in [-0.4, -0.2) is 41.7 Å². The Kier molecular flexibility index (Phi) is 5.12. The predicted molar refractivity (Wildman–Crippen MR) is 110 cm³/mol. The lowest BCUT2D eigenvalue weighted by molar-refractivity contribution is -0.112. The number of hydrogen-bond acceptors (Lipinski definition) is 6. The van der Waals surface area contributed by atoms with Crippen LogP contribution in [0.1, 0.15) is 27.6 Å². The number of tetrazole rings is 1. The topological polar surface area (TPSA) is 108 Å². The van der Waals surface area contributed by atoms with Gasteiger partial charge in [-0.15, -0.1) is 5.10 Å². The van der Waals surface area contributed by atoms with E-state index in [4.69, 9.17) is 0 Å². The van der Waals surface area contributed by atoms with E-state index in [9.17, 15) is 14.0 Å². The van der Waals surface area contributed by atoms with Gasteiger partial charge in [0.1, 0.15) is 11.5 Å². The van der Waals surface area contributed by atoms with Gasteiger partial charge >= 0.3 is 0 Å². The monoisotopic (exact) mass is 419 g/mol. The van der Waals surface area contributed by atoms with E-state index < -0.39 is 17.5 Å². The van der Waals surface area contributed by atoms with Crippen LogP contribution in [0.3, 0.4) is 0 Å². The molecular formula is C21H18FN7O2. The summed E-state index contributed by atoms with van der Waals surface area (Å²) in [5.74, 6) is -1.79. The molecule has 2 aromatic heterocycles. The zero-order valence-corrected chi connectivity index (χ0v) is 17.0. The molecule has 0 bridgehead atoms. The van der Waals surface area contributed by atoms with Crippen LogP contribution in [0.5, 0.6) is 0 Å². The van der Waals surface area contributed by atoms with Gasteiger partial charge in [0.15, 0.2) is 5.82 Å².